The molecule has 2 aliphatic heterocycles. The first-order valence-electron chi connectivity index (χ1n) is 11.6. The zero-order valence-electron chi connectivity index (χ0n) is 18.9. The van der Waals surface area contributed by atoms with Crippen molar-refractivity contribution in [2.24, 2.45) is 11.8 Å². The highest BCUT2D eigenvalue weighted by Gasteiger charge is 2.43. The second-order valence-electron chi connectivity index (χ2n) is 9.15. The van der Waals surface area contributed by atoms with Crippen LogP contribution in [0.15, 0.2) is 30.6 Å². The molecule has 1 aliphatic carbocycles. The number of halogens is 2. The molecule has 2 atom stereocenters. The van der Waals surface area contributed by atoms with Crippen LogP contribution in [0.1, 0.15) is 19.3 Å². The third-order valence-electron chi connectivity index (χ3n) is 7.15. The Morgan fingerprint density at radius 2 is 1.85 bits per heavy atom. The number of benzene rings is 1. The zero-order valence-corrected chi connectivity index (χ0v) is 18.9. The summed E-state index contributed by atoms with van der Waals surface area (Å²) in [6.07, 6.45) is 4.66. The highest BCUT2D eigenvalue weighted by Crippen LogP contribution is 2.40. The molecule has 3 aromatic rings. The molecule has 0 spiro atoms. The summed E-state index contributed by atoms with van der Waals surface area (Å²) in [4.78, 5) is 17.5. The number of anilines is 4. The average Bonchev–Trinajstić information content (AvgIpc) is 3.36. The number of aryl methyl sites for hydroxylation is 1. The van der Waals surface area contributed by atoms with Crippen molar-refractivity contribution in [2.75, 3.05) is 41.9 Å². The molecule has 1 saturated carbocycles. The van der Waals surface area contributed by atoms with Gasteiger partial charge in [0.25, 0.3) is 0 Å². The van der Waals surface area contributed by atoms with Gasteiger partial charge in [0.1, 0.15) is 12.1 Å². The molecule has 11 heteroatoms. The largest absolute Gasteiger partial charge is 0.481 e. The highest BCUT2D eigenvalue weighted by atomic mass is 19.2. The summed E-state index contributed by atoms with van der Waals surface area (Å²) in [7, 11) is 1.61. The fourth-order valence-electron chi connectivity index (χ4n) is 5.53. The molecular formula is C23H26F2N8O. The van der Waals surface area contributed by atoms with Crippen molar-refractivity contribution in [1.29, 1.82) is 0 Å². The van der Waals surface area contributed by atoms with Gasteiger partial charge in [0.2, 0.25) is 17.8 Å². The van der Waals surface area contributed by atoms with E-state index in [9.17, 15) is 8.78 Å². The van der Waals surface area contributed by atoms with E-state index in [0.717, 1.165) is 50.8 Å². The highest BCUT2D eigenvalue weighted by molar-refractivity contribution is 5.59. The number of nitrogens with one attached hydrogen (secondary N) is 1. The summed E-state index contributed by atoms with van der Waals surface area (Å²) in [6.45, 7) is 3.20. The van der Waals surface area contributed by atoms with Gasteiger partial charge in [0, 0.05) is 50.0 Å². The van der Waals surface area contributed by atoms with Gasteiger partial charge in [-0.3, -0.25) is 0 Å². The summed E-state index contributed by atoms with van der Waals surface area (Å²) >= 11 is 0. The van der Waals surface area contributed by atoms with Gasteiger partial charge < -0.3 is 19.9 Å². The smallest absolute Gasteiger partial charge is 0.244 e. The summed E-state index contributed by atoms with van der Waals surface area (Å²) in [5.74, 6) is 1.87. The van der Waals surface area contributed by atoms with Crippen LogP contribution in [0.5, 0.6) is 5.88 Å². The number of nitrogens with zero attached hydrogens (tertiary/aromatic N) is 7. The molecule has 0 unspecified atom stereocenters. The van der Waals surface area contributed by atoms with Crippen molar-refractivity contribution >= 4 is 23.4 Å². The van der Waals surface area contributed by atoms with E-state index >= 15 is 0 Å². The molecule has 1 N–H and O–H groups in total. The number of fused-ring (bicyclic) bond motifs is 3. The number of methoxy groups -OCH3 is 1. The minimum absolute atomic E-state index is 0.279. The van der Waals surface area contributed by atoms with E-state index in [1.54, 1.807) is 19.5 Å². The molecule has 178 valence electrons. The van der Waals surface area contributed by atoms with Crippen LogP contribution < -0.4 is 19.9 Å². The van der Waals surface area contributed by atoms with Crippen molar-refractivity contribution in [3.8, 4) is 5.88 Å². The normalized spacial score (nSPS) is 23.7. The monoisotopic (exact) mass is 468 g/mol. The standard InChI is InChI=1S/C23H26F2N8O/c1-34-20-10-19(26-13-27-20)31-11-14-3-4-15(12-31)21(14)28-22-29-23-32(7-2-8-33(23)30-22)16-5-6-17(24)18(25)9-16/h5-6,9-10,13-15,21H,2-4,7-8,11-12H2,1H3,(H,28,30)/t14-,15-/m1/s1. The Kier molecular flexibility index (Phi) is 5.19. The summed E-state index contributed by atoms with van der Waals surface area (Å²) in [5.41, 5.74) is 0.576. The average molecular weight is 469 g/mol. The Hall–Kier alpha value is -3.50. The van der Waals surface area contributed by atoms with Gasteiger partial charge in [-0.05, 0) is 43.2 Å². The van der Waals surface area contributed by atoms with Crippen molar-refractivity contribution in [2.45, 2.75) is 31.8 Å². The molecule has 1 aromatic carbocycles. The molecule has 2 aromatic heterocycles. The topological polar surface area (TPSA) is 84.2 Å². The minimum Gasteiger partial charge on any atom is -0.481 e. The van der Waals surface area contributed by atoms with Crippen molar-refractivity contribution in [3.05, 3.63) is 42.2 Å². The van der Waals surface area contributed by atoms with Gasteiger partial charge in [0.15, 0.2) is 11.6 Å². The molecule has 2 fully saturated rings. The van der Waals surface area contributed by atoms with Crippen LogP contribution in [0.25, 0.3) is 0 Å². The van der Waals surface area contributed by atoms with Crippen LogP contribution in [-0.4, -0.2) is 57.5 Å². The first kappa shape index (κ1) is 21.1. The predicted octanol–water partition coefficient (Wildman–Crippen LogP) is 3.22. The van der Waals surface area contributed by atoms with Gasteiger partial charge in [-0.15, -0.1) is 5.10 Å². The van der Waals surface area contributed by atoms with Crippen LogP contribution in [0, 0.1) is 23.5 Å². The van der Waals surface area contributed by atoms with E-state index in [2.05, 4.69) is 20.2 Å². The maximum Gasteiger partial charge on any atom is 0.244 e. The van der Waals surface area contributed by atoms with E-state index < -0.39 is 11.6 Å². The third-order valence-corrected chi connectivity index (χ3v) is 7.15. The first-order chi connectivity index (χ1) is 16.6. The quantitative estimate of drug-likeness (QED) is 0.611. The molecule has 0 radical (unpaired) electrons. The van der Waals surface area contributed by atoms with Gasteiger partial charge in [-0.1, -0.05) is 0 Å². The Bertz CT molecular complexity index is 1190. The second kappa shape index (κ2) is 8.37. The van der Waals surface area contributed by atoms with Gasteiger partial charge in [0.05, 0.1) is 7.11 Å². The Labute approximate surface area is 195 Å². The lowest BCUT2D eigenvalue weighted by Crippen LogP contribution is -2.48. The molecule has 4 heterocycles. The Balaban J connectivity index is 1.20. The molecule has 1 saturated heterocycles. The lowest BCUT2D eigenvalue weighted by Gasteiger charge is -2.38. The Morgan fingerprint density at radius 1 is 1.03 bits per heavy atom. The molecule has 0 amide bonds. The van der Waals surface area contributed by atoms with Crippen LogP contribution in [0.2, 0.25) is 0 Å². The molecular weight excluding hydrogens is 442 g/mol. The molecule has 3 aliphatic rings. The number of aromatic nitrogens is 5. The molecule has 9 nitrogen and oxygen atoms in total. The summed E-state index contributed by atoms with van der Waals surface area (Å²) < 4.78 is 34.4. The SMILES string of the molecule is COc1cc(N2C[C@H]3CC[C@H](C2)C3Nc2nc3n(n2)CCCN3c2ccc(F)c(F)c2)ncn1. The summed E-state index contributed by atoms with van der Waals surface area (Å²) in [5, 5.41) is 8.29. The number of ether oxygens (including phenoxy) is 1. The van der Waals surface area contributed by atoms with E-state index in [1.807, 2.05) is 15.6 Å². The van der Waals surface area contributed by atoms with Crippen LogP contribution in [0.4, 0.5) is 32.2 Å². The number of piperidine rings is 1. The van der Waals surface area contributed by atoms with Crippen LogP contribution >= 0.6 is 0 Å². The minimum atomic E-state index is -0.864. The van der Waals surface area contributed by atoms with Crippen LogP contribution in [-0.2, 0) is 6.54 Å². The van der Waals surface area contributed by atoms with Crippen LogP contribution in [0.3, 0.4) is 0 Å². The van der Waals surface area contributed by atoms with Crippen molar-refractivity contribution < 1.29 is 13.5 Å². The van der Waals surface area contributed by atoms with Crippen molar-refractivity contribution in [3.63, 3.8) is 0 Å². The second-order valence-corrected chi connectivity index (χ2v) is 9.15. The molecule has 34 heavy (non-hydrogen) atoms. The maximum absolute atomic E-state index is 13.8. The fourth-order valence-corrected chi connectivity index (χ4v) is 5.53. The van der Waals surface area contributed by atoms with Gasteiger partial charge >= 0.3 is 0 Å². The van der Waals surface area contributed by atoms with E-state index in [4.69, 9.17) is 14.8 Å². The van der Waals surface area contributed by atoms with E-state index in [-0.39, 0.29) is 6.04 Å². The van der Waals surface area contributed by atoms with E-state index in [1.165, 1.54) is 6.07 Å². The maximum atomic E-state index is 13.8. The van der Waals surface area contributed by atoms with Crippen molar-refractivity contribution in [1.82, 2.24) is 24.7 Å². The van der Waals surface area contributed by atoms with Gasteiger partial charge in [-0.25, -0.2) is 23.4 Å². The summed E-state index contributed by atoms with van der Waals surface area (Å²) in [6, 6.07) is 6.10. The molecule has 6 rings (SSSR count). The Morgan fingerprint density at radius 3 is 2.62 bits per heavy atom. The van der Waals surface area contributed by atoms with E-state index in [0.29, 0.717) is 41.8 Å². The number of hydrogen-bond donors (Lipinski definition) is 1. The lowest BCUT2D eigenvalue weighted by atomic mass is 9.92. The zero-order chi connectivity index (χ0) is 23.2. The fraction of sp³-hybridized carbons (Fsp3) is 0.478. The third kappa shape index (κ3) is 3.68. The number of hydrogen-bond acceptors (Lipinski definition) is 8. The number of rotatable bonds is 5. The lowest BCUT2D eigenvalue weighted by molar-refractivity contribution is 0.372. The predicted molar refractivity (Wildman–Crippen MR) is 122 cm³/mol. The molecule has 2 bridgehead atoms. The van der Waals surface area contributed by atoms with Gasteiger partial charge in [-0.2, -0.15) is 4.98 Å². The first-order valence-corrected chi connectivity index (χ1v) is 11.6.